The molecule has 7 heteroatoms. The molecule has 15 heavy (non-hydrogen) atoms. The van der Waals surface area contributed by atoms with Gasteiger partial charge in [-0.15, -0.1) is 5.10 Å². The number of halogens is 1. The van der Waals surface area contributed by atoms with Crippen molar-refractivity contribution in [2.75, 3.05) is 0 Å². The number of nitrogens with zero attached hydrogens (tertiary/aromatic N) is 4. The number of ketones is 1. The molecule has 6 nitrogen and oxygen atoms in total. The van der Waals surface area contributed by atoms with Gasteiger partial charge in [0.25, 0.3) is 0 Å². The van der Waals surface area contributed by atoms with Crippen molar-refractivity contribution in [3.63, 3.8) is 0 Å². The van der Waals surface area contributed by atoms with Gasteiger partial charge in [0.2, 0.25) is 0 Å². The Balaban J connectivity index is 2.50. The number of rotatable bonds is 2. The maximum Gasteiger partial charge on any atom is 0.177 e. The monoisotopic (exact) mass is 269 g/mol. The largest absolute Gasteiger partial charge is 0.334 e. The van der Waals surface area contributed by atoms with Gasteiger partial charge in [0.1, 0.15) is 11.4 Å². The standard InChI is InChI=1S/C8H8BrN5O/c1-4(15)5-3-10-8(11-5)6-7(9)12-13-14(6)2/h3H,1-2H3,(H,10,11). The normalized spacial score (nSPS) is 10.6. The van der Waals surface area contributed by atoms with E-state index in [4.69, 9.17) is 0 Å². The molecule has 0 fully saturated rings. The van der Waals surface area contributed by atoms with Gasteiger partial charge < -0.3 is 4.98 Å². The fraction of sp³-hybridized carbons (Fsp3) is 0.250. The van der Waals surface area contributed by atoms with Gasteiger partial charge in [-0.2, -0.15) is 0 Å². The van der Waals surface area contributed by atoms with Crippen LogP contribution in [0.5, 0.6) is 0 Å². The number of aromatic nitrogens is 5. The molecule has 0 aliphatic rings. The fourth-order valence-corrected chi connectivity index (χ4v) is 1.72. The van der Waals surface area contributed by atoms with Crippen LogP contribution in [-0.4, -0.2) is 30.7 Å². The van der Waals surface area contributed by atoms with Gasteiger partial charge in [-0.3, -0.25) is 4.79 Å². The van der Waals surface area contributed by atoms with Crippen molar-refractivity contribution in [1.29, 1.82) is 0 Å². The molecule has 2 heterocycles. The van der Waals surface area contributed by atoms with Gasteiger partial charge in [0.05, 0.1) is 6.20 Å². The summed E-state index contributed by atoms with van der Waals surface area (Å²) in [5.74, 6) is 0.513. The van der Waals surface area contributed by atoms with Crippen LogP contribution < -0.4 is 0 Å². The lowest BCUT2D eigenvalue weighted by Crippen LogP contribution is -1.96. The second-order valence-corrected chi connectivity index (χ2v) is 3.81. The Kier molecular flexibility index (Phi) is 2.39. The van der Waals surface area contributed by atoms with Crippen LogP contribution in [0, 0.1) is 0 Å². The summed E-state index contributed by atoms with van der Waals surface area (Å²) in [4.78, 5) is 18.1. The summed E-state index contributed by atoms with van der Waals surface area (Å²) in [6.07, 6.45) is 1.50. The highest BCUT2D eigenvalue weighted by atomic mass is 79.9. The number of aromatic amines is 1. The third kappa shape index (κ3) is 1.70. The predicted molar refractivity (Wildman–Crippen MR) is 56.3 cm³/mol. The second kappa shape index (κ2) is 3.58. The molecule has 0 saturated carbocycles. The number of H-pyrrole nitrogens is 1. The van der Waals surface area contributed by atoms with Crippen LogP contribution in [0.2, 0.25) is 0 Å². The molecule has 2 aromatic rings. The Labute approximate surface area is 93.8 Å². The van der Waals surface area contributed by atoms with Crippen molar-refractivity contribution in [2.24, 2.45) is 7.05 Å². The first kappa shape index (κ1) is 10.0. The van der Waals surface area contributed by atoms with Gasteiger partial charge in [0.15, 0.2) is 16.2 Å². The van der Waals surface area contributed by atoms with Crippen LogP contribution in [0.1, 0.15) is 17.4 Å². The third-order valence-corrected chi connectivity index (χ3v) is 2.50. The first-order valence-corrected chi connectivity index (χ1v) is 5.00. The zero-order valence-corrected chi connectivity index (χ0v) is 9.74. The van der Waals surface area contributed by atoms with Gasteiger partial charge >= 0.3 is 0 Å². The van der Waals surface area contributed by atoms with Crippen molar-refractivity contribution < 1.29 is 4.79 Å². The molecule has 0 saturated heterocycles. The summed E-state index contributed by atoms with van der Waals surface area (Å²) >= 11 is 3.26. The number of imidazole rings is 1. The molecule has 0 aromatic carbocycles. The molecule has 0 spiro atoms. The number of hydrogen-bond acceptors (Lipinski definition) is 4. The molecule has 0 amide bonds. The van der Waals surface area contributed by atoms with Crippen LogP contribution in [0.3, 0.4) is 0 Å². The van der Waals surface area contributed by atoms with Crippen LogP contribution in [0.15, 0.2) is 10.8 Å². The summed E-state index contributed by atoms with van der Waals surface area (Å²) in [5, 5.41) is 7.65. The fourth-order valence-electron chi connectivity index (χ4n) is 1.20. The zero-order chi connectivity index (χ0) is 11.0. The highest BCUT2D eigenvalue weighted by molar-refractivity contribution is 9.10. The van der Waals surface area contributed by atoms with Gasteiger partial charge in [-0.05, 0) is 15.9 Å². The van der Waals surface area contributed by atoms with E-state index >= 15 is 0 Å². The van der Waals surface area contributed by atoms with Crippen LogP contribution in [-0.2, 0) is 7.05 Å². The Morgan fingerprint density at radius 2 is 2.33 bits per heavy atom. The van der Waals surface area contributed by atoms with Crippen molar-refractivity contribution in [2.45, 2.75) is 6.92 Å². The van der Waals surface area contributed by atoms with Crippen molar-refractivity contribution in [3.05, 3.63) is 16.5 Å². The van der Waals surface area contributed by atoms with Crippen LogP contribution in [0.4, 0.5) is 0 Å². The molecule has 0 bridgehead atoms. The Morgan fingerprint density at radius 3 is 2.80 bits per heavy atom. The average molecular weight is 270 g/mol. The molecule has 0 aliphatic heterocycles. The summed E-state index contributed by atoms with van der Waals surface area (Å²) in [7, 11) is 1.75. The molecule has 0 atom stereocenters. The number of aryl methyl sites for hydroxylation is 1. The van der Waals surface area contributed by atoms with E-state index in [1.807, 2.05) is 0 Å². The minimum absolute atomic E-state index is 0.0556. The van der Waals surface area contributed by atoms with E-state index in [0.717, 1.165) is 0 Å². The number of Topliss-reactive ketones (excluding diaryl/α,β-unsaturated/α-hetero) is 1. The van der Waals surface area contributed by atoms with Crippen LogP contribution >= 0.6 is 15.9 Å². The highest BCUT2D eigenvalue weighted by Gasteiger charge is 2.14. The maximum absolute atomic E-state index is 11.1. The van der Waals surface area contributed by atoms with Crippen LogP contribution in [0.25, 0.3) is 11.5 Å². The minimum atomic E-state index is -0.0556. The first-order chi connectivity index (χ1) is 7.09. The van der Waals surface area contributed by atoms with E-state index in [1.165, 1.54) is 13.1 Å². The molecular formula is C8H8BrN5O. The second-order valence-electron chi connectivity index (χ2n) is 3.05. The lowest BCUT2D eigenvalue weighted by Gasteiger charge is -1.95. The van der Waals surface area contributed by atoms with E-state index < -0.39 is 0 Å². The SMILES string of the molecule is CC(=O)c1cnc(-c2c(Br)nnn2C)[nH]1. The van der Waals surface area contributed by atoms with E-state index in [-0.39, 0.29) is 5.78 Å². The van der Waals surface area contributed by atoms with Crippen molar-refractivity contribution in [3.8, 4) is 11.5 Å². The summed E-state index contributed by atoms with van der Waals surface area (Å²) in [6, 6.07) is 0. The lowest BCUT2D eigenvalue weighted by molar-refractivity contribution is 0.101. The Morgan fingerprint density at radius 1 is 1.60 bits per heavy atom. The van der Waals surface area contributed by atoms with E-state index in [2.05, 4.69) is 36.2 Å². The van der Waals surface area contributed by atoms with Crippen molar-refractivity contribution >= 4 is 21.7 Å². The maximum atomic E-state index is 11.1. The number of carbonyl (C=O) groups is 1. The molecule has 0 aliphatic carbocycles. The number of nitrogens with one attached hydrogen (secondary N) is 1. The zero-order valence-electron chi connectivity index (χ0n) is 8.15. The topological polar surface area (TPSA) is 76.5 Å². The van der Waals surface area contributed by atoms with Crippen molar-refractivity contribution in [1.82, 2.24) is 25.0 Å². The van der Waals surface area contributed by atoms with E-state index in [1.54, 1.807) is 11.7 Å². The van der Waals surface area contributed by atoms with E-state index in [0.29, 0.717) is 21.8 Å². The Hall–Kier alpha value is -1.50. The average Bonchev–Trinajstić information content (AvgIpc) is 2.73. The number of carbonyl (C=O) groups excluding carboxylic acids is 1. The van der Waals surface area contributed by atoms with Gasteiger partial charge in [0, 0.05) is 14.0 Å². The molecule has 78 valence electrons. The smallest absolute Gasteiger partial charge is 0.177 e. The summed E-state index contributed by atoms with van der Waals surface area (Å²) < 4.78 is 2.17. The van der Waals surface area contributed by atoms with Gasteiger partial charge in [-0.25, -0.2) is 9.67 Å². The number of hydrogen-bond donors (Lipinski definition) is 1. The summed E-state index contributed by atoms with van der Waals surface area (Å²) in [6.45, 7) is 1.48. The third-order valence-electron chi connectivity index (χ3n) is 1.97. The predicted octanol–water partition coefficient (Wildman–Crippen LogP) is 1.17. The Bertz CT molecular complexity index is 495. The lowest BCUT2D eigenvalue weighted by atomic mass is 10.3. The molecule has 1 N–H and O–H groups in total. The quantitative estimate of drug-likeness (QED) is 0.831. The van der Waals surface area contributed by atoms with Gasteiger partial charge in [-0.1, -0.05) is 5.21 Å². The molecule has 2 aromatic heterocycles. The van der Waals surface area contributed by atoms with E-state index in [9.17, 15) is 4.79 Å². The molecule has 2 rings (SSSR count). The first-order valence-electron chi connectivity index (χ1n) is 4.21. The highest BCUT2D eigenvalue weighted by Crippen LogP contribution is 2.22. The molecular weight excluding hydrogens is 262 g/mol. The summed E-state index contributed by atoms with van der Waals surface area (Å²) in [5.41, 5.74) is 1.18. The molecule has 0 unspecified atom stereocenters. The minimum Gasteiger partial charge on any atom is -0.334 e. The molecule has 0 radical (unpaired) electrons.